The number of carbonyl (C=O) groups excluding carboxylic acids is 1. The Kier molecular flexibility index (Phi) is 5.28. The van der Waals surface area contributed by atoms with Gasteiger partial charge in [-0.1, -0.05) is 24.3 Å². The summed E-state index contributed by atoms with van der Waals surface area (Å²) in [6, 6.07) is 12.4. The van der Waals surface area contributed by atoms with E-state index in [1.807, 2.05) is 0 Å². The van der Waals surface area contributed by atoms with Crippen LogP contribution in [0.1, 0.15) is 5.56 Å². The third kappa shape index (κ3) is 4.80. The van der Waals surface area contributed by atoms with Crippen molar-refractivity contribution >= 4 is 17.5 Å². The van der Waals surface area contributed by atoms with Gasteiger partial charge in [0.15, 0.2) is 5.82 Å². The molecule has 0 spiro atoms. The SMILES string of the molecule is O=C(Cc1ccc(F)cc1)Nc1nc2ncccn2c1-c1cccc(OC(F)(F)F)c1. The van der Waals surface area contributed by atoms with E-state index in [1.165, 1.54) is 48.7 Å². The first-order chi connectivity index (χ1) is 14.8. The molecule has 0 saturated carbocycles. The maximum Gasteiger partial charge on any atom is 0.573 e. The molecule has 0 atom stereocenters. The number of imidazole rings is 1. The summed E-state index contributed by atoms with van der Waals surface area (Å²) in [5.41, 5.74) is 1.26. The molecular formula is C21H14F4N4O2. The van der Waals surface area contributed by atoms with Gasteiger partial charge in [0.2, 0.25) is 11.7 Å². The van der Waals surface area contributed by atoms with Gasteiger partial charge in [0.1, 0.15) is 11.6 Å². The van der Waals surface area contributed by atoms with Crippen molar-refractivity contribution < 1.29 is 27.1 Å². The molecule has 2 aromatic carbocycles. The number of nitrogens with one attached hydrogen (secondary N) is 1. The average molecular weight is 430 g/mol. The van der Waals surface area contributed by atoms with Gasteiger partial charge in [-0.2, -0.15) is 4.98 Å². The highest BCUT2D eigenvalue weighted by Gasteiger charge is 2.31. The molecule has 158 valence electrons. The molecule has 0 radical (unpaired) electrons. The van der Waals surface area contributed by atoms with Gasteiger partial charge < -0.3 is 10.1 Å². The van der Waals surface area contributed by atoms with E-state index < -0.39 is 23.8 Å². The molecule has 0 aliphatic rings. The zero-order chi connectivity index (χ0) is 22.0. The van der Waals surface area contributed by atoms with Gasteiger partial charge in [0, 0.05) is 18.0 Å². The van der Waals surface area contributed by atoms with Crippen LogP contribution in [0.25, 0.3) is 17.0 Å². The van der Waals surface area contributed by atoms with Gasteiger partial charge in [0.25, 0.3) is 0 Å². The number of benzene rings is 2. The van der Waals surface area contributed by atoms with Gasteiger partial charge in [-0.25, -0.2) is 9.37 Å². The van der Waals surface area contributed by atoms with Gasteiger partial charge in [-0.15, -0.1) is 13.2 Å². The summed E-state index contributed by atoms with van der Waals surface area (Å²) in [5.74, 6) is -0.892. The molecule has 0 aliphatic heterocycles. The lowest BCUT2D eigenvalue weighted by molar-refractivity contribution is -0.274. The lowest BCUT2D eigenvalue weighted by Gasteiger charge is -2.11. The molecule has 0 unspecified atom stereocenters. The van der Waals surface area contributed by atoms with Crippen LogP contribution in [0.5, 0.6) is 5.75 Å². The fraction of sp³-hybridized carbons (Fsp3) is 0.0952. The number of hydrogen-bond donors (Lipinski definition) is 1. The van der Waals surface area contributed by atoms with Crippen molar-refractivity contribution in [3.63, 3.8) is 0 Å². The molecule has 0 bridgehead atoms. The van der Waals surface area contributed by atoms with Crippen molar-refractivity contribution in [1.29, 1.82) is 0 Å². The first kappa shape index (κ1) is 20.3. The van der Waals surface area contributed by atoms with Crippen molar-refractivity contribution in [2.75, 3.05) is 5.32 Å². The summed E-state index contributed by atoms with van der Waals surface area (Å²) < 4.78 is 56.5. The number of aromatic nitrogens is 3. The molecule has 0 saturated heterocycles. The Balaban J connectivity index is 1.69. The lowest BCUT2D eigenvalue weighted by Crippen LogP contribution is -2.17. The molecule has 6 nitrogen and oxygen atoms in total. The van der Waals surface area contributed by atoms with Gasteiger partial charge in [-0.3, -0.25) is 9.20 Å². The minimum absolute atomic E-state index is 0.0434. The van der Waals surface area contributed by atoms with Gasteiger partial charge in [-0.05, 0) is 35.9 Å². The van der Waals surface area contributed by atoms with Crippen LogP contribution in [0.2, 0.25) is 0 Å². The highest BCUT2D eigenvalue weighted by molar-refractivity contribution is 5.95. The Morgan fingerprint density at radius 1 is 1.10 bits per heavy atom. The Hall–Kier alpha value is -3.95. The van der Waals surface area contributed by atoms with Crippen LogP contribution in [0.3, 0.4) is 0 Å². The molecule has 4 aromatic rings. The highest BCUT2D eigenvalue weighted by Crippen LogP contribution is 2.32. The number of carbonyl (C=O) groups is 1. The third-order valence-corrected chi connectivity index (χ3v) is 4.28. The number of hydrogen-bond acceptors (Lipinski definition) is 4. The minimum atomic E-state index is -4.84. The van der Waals surface area contributed by atoms with Crippen LogP contribution < -0.4 is 10.1 Å². The van der Waals surface area contributed by atoms with E-state index in [-0.39, 0.29) is 18.0 Å². The number of ether oxygens (including phenoxy) is 1. The van der Waals surface area contributed by atoms with Gasteiger partial charge in [0.05, 0.1) is 12.1 Å². The van der Waals surface area contributed by atoms with E-state index in [1.54, 1.807) is 22.7 Å². The number of nitrogens with zero attached hydrogens (tertiary/aromatic N) is 3. The molecule has 1 N–H and O–H groups in total. The monoisotopic (exact) mass is 430 g/mol. The Labute approximate surface area is 173 Å². The number of rotatable bonds is 5. The number of amides is 1. The minimum Gasteiger partial charge on any atom is -0.406 e. The Morgan fingerprint density at radius 2 is 1.87 bits per heavy atom. The van der Waals surface area contributed by atoms with Gasteiger partial charge >= 0.3 is 6.36 Å². The largest absolute Gasteiger partial charge is 0.573 e. The fourth-order valence-electron chi connectivity index (χ4n) is 3.05. The second-order valence-corrected chi connectivity index (χ2v) is 6.53. The zero-order valence-corrected chi connectivity index (χ0v) is 15.7. The van der Waals surface area contributed by atoms with Crippen LogP contribution >= 0.6 is 0 Å². The molecule has 0 aliphatic carbocycles. The second-order valence-electron chi connectivity index (χ2n) is 6.53. The van der Waals surface area contributed by atoms with E-state index >= 15 is 0 Å². The highest BCUT2D eigenvalue weighted by atomic mass is 19.4. The van der Waals surface area contributed by atoms with Crippen LogP contribution in [0.15, 0.2) is 67.0 Å². The molecule has 0 fully saturated rings. The normalized spacial score (nSPS) is 11.5. The van der Waals surface area contributed by atoms with Crippen molar-refractivity contribution in [2.45, 2.75) is 12.8 Å². The first-order valence-electron chi connectivity index (χ1n) is 9.02. The smallest absolute Gasteiger partial charge is 0.406 e. The van der Waals surface area contributed by atoms with Crippen LogP contribution in [0, 0.1) is 5.82 Å². The molecule has 2 heterocycles. The molecule has 31 heavy (non-hydrogen) atoms. The lowest BCUT2D eigenvalue weighted by atomic mass is 10.1. The molecule has 2 aromatic heterocycles. The molecular weight excluding hydrogens is 416 g/mol. The third-order valence-electron chi connectivity index (χ3n) is 4.28. The standard InChI is InChI=1S/C21H14F4N4O2/c22-15-7-5-13(6-8-15)11-17(30)27-19-18(29-10-2-9-26-20(29)28-19)14-3-1-4-16(12-14)31-21(23,24)25/h1-10,12H,11H2,(H,27,30). The number of anilines is 1. The molecule has 1 amide bonds. The maximum atomic E-state index is 13.1. The molecule has 10 heteroatoms. The van der Waals surface area contributed by atoms with Crippen molar-refractivity contribution in [1.82, 2.24) is 14.4 Å². The number of halogens is 4. The number of fused-ring (bicyclic) bond motifs is 1. The summed E-state index contributed by atoms with van der Waals surface area (Å²) >= 11 is 0. The Bertz CT molecular complexity index is 1240. The van der Waals surface area contributed by atoms with E-state index in [4.69, 9.17) is 0 Å². The van der Waals surface area contributed by atoms with Crippen molar-refractivity contribution in [2.24, 2.45) is 0 Å². The summed E-state index contributed by atoms with van der Waals surface area (Å²) in [5, 5.41) is 2.66. The quantitative estimate of drug-likeness (QED) is 0.470. The van der Waals surface area contributed by atoms with Crippen LogP contribution in [-0.2, 0) is 11.2 Å². The summed E-state index contributed by atoms with van der Waals surface area (Å²) in [4.78, 5) is 20.9. The maximum absolute atomic E-state index is 13.1. The predicted octanol–water partition coefficient (Wildman–Crippen LogP) is 4.62. The summed E-state index contributed by atoms with van der Waals surface area (Å²) in [6.07, 6.45) is -1.76. The fourth-order valence-corrected chi connectivity index (χ4v) is 3.05. The van der Waals surface area contributed by atoms with Crippen LogP contribution in [-0.4, -0.2) is 26.6 Å². The first-order valence-corrected chi connectivity index (χ1v) is 9.02. The average Bonchev–Trinajstić information content (AvgIpc) is 3.06. The predicted molar refractivity (Wildman–Crippen MR) is 104 cm³/mol. The number of alkyl halides is 3. The van der Waals surface area contributed by atoms with Crippen LogP contribution in [0.4, 0.5) is 23.4 Å². The topological polar surface area (TPSA) is 68.5 Å². The van der Waals surface area contributed by atoms with E-state index in [0.29, 0.717) is 16.8 Å². The van der Waals surface area contributed by atoms with Crippen molar-refractivity contribution in [3.05, 3.63) is 78.4 Å². The van der Waals surface area contributed by atoms with E-state index in [9.17, 15) is 22.4 Å². The second kappa shape index (κ2) is 8.05. The van der Waals surface area contributed by atoms with E-state index in [2.05, 4.69) is 20.0 Å². The summed E-state index contributed by atoms with van der Waals surface area (Å²) in [6.45, 7) is 0. The van der Waals surface area contributed by atoms with Crippen molar-refractivity contribution in [3.8, 4) is 17.0 Å². The van der Waals surface area contributed by atoms with E-state index in [0.717, 1.165) is 0 Å². The molecule has 4 rings (SSSR count). The Morgan fingerprint density at radius 3 is 2.61 bits per heavy atom. The zero-order valence-electron chi connectivity index (χ0n) is 15.7. The summed E-state index contributed by atoms with van der Waals surface area (Å²) in [7, 11) is 0.